The van der Waals surface area contributed by atoms with E-state index in [-0.39, 0.29) is 5.91 Å². The highest BCUT2D eigenvalue weighted by Gasteiger charge is 2.17. The highest BCUT2D eigenvalue weighted by molar-refractivity contribution is 5.95. The van der Waals surface area contributed by atoms with Crippen LogP contribution in [0.15, 0.2) is 30.3 Å². The van der Waals surface area contributed by atoms with Crippen molar-refractivity contribution in [2.75, 3.05) is 33.2 Å². The smallest absolute Gasteiger partial charge is 0.253 e. The van der Waals surface area contributed by atoms with Crippen molar-refractivity contribution in [1.29, 1.82) is 0 Å². The van der Waals surface area contributed by atoms with Crippen molar-refractivity contribution in [1.82, 2.24) is 19.7 Å². The molecular formula is C23H34N4O. The quantitative estimate of drug-likeness (QED) is 0.833. The van der Waals surface area contributed by atoms with E-state index in [1.807, 2.05) is 13.0 Å². The summed E-state index contributed by atoms with van der Waals surface area (Å²) in [5.41, 5.74) is 5.41. The first-order chi connectivity index (χ1) is 13.3. The number of hydrogen-bond acceptors (Lipinski definition) is 3. The minimum absolute atomic E-state index is 0.00140. The van der Waals surface area contributed by atoms with E-state index in [2.05, 4.69) is 71.8 Å². The Morgan fingerprint density at radius 1 is 1.04 bits per heavy atom. The van der Waals surface area contributed by atoms with Crippen LogP contribution in [0.1, 0.15) is 52.8 Å². The van der Waals surface area contributed by atoms with E-state index in [0.717, 1.165) is 55.2 Å². The average molecular weight is 383 g/mol. The largest absolute Gasteiger partial charge is 0.348 e. The maximum absolute atomic E-state index is 12.6. The van der Waals surface area contributed by atoms with Crippen molar-refractivity contribution in [3.05, 3.63) is 58.4 Å². The molecule has 0 unspecified atom stereocenters. The number of nitrogens with zero attached hydrogens (tertiary/aromatic N) is 3. The maximum atomic E-state index is 12.6. The summed E-state index contributed by atoms with van der Waals surface area (Å²) < 4.78 is 2.21. The normalized spacial score (nSPS) is 15.9. The first-order valence-electron chi connectivity index (χ1n) is 10.3. The van der Waals surface area contributed by atoms with Crippen molar-refractivity contribution < 1.29 is 4.79 Å². The van der Waals surface area contributed by atoms with Gasteiger partial charge in [-0.1, -0.05) is 24.3 Å². The van der Waals surface area contributed by atoms with Gasteiger partial charge in [0, 0.05) is 56.7 Å². The second-order valence-electron chi connectivity index (χ2n) is 8.33. The molecule has 2 heterocycles. The molecule has 2 aromatic rings. The Morgan fingerprint density at radius 3 is 2.21 bits per heavy atom. The fraction of sp³-hybridized carbons (Fsp3) is 0.522. The summed E-state index contributed by atoms with van der Waals surface area (Å²) in [6, 6.07) is 11.0. The minimum atomic E-state index is 0.00140. The molecule has 28 heavy (non-hydrogen) atoms. The Kier molecular flexibility index (Phi) is 6.57. The zero-order valence-electron chi connectivity index (χ0n) is 18.0. The van der Waals surface area contributed by atoms with E-state index in [1.165, 1.54) is 5.56 Å². The molecule has 0 radical (unpaired) electrons. The number of nitrogens with one attached hydrogen (secondary N) is 1. The van der Waals surface area contributed by atoms with Crippen LogP contribution in [0.5, 0.6) is 0 Å². The van der Waals surface area contributed by atoms with Gasteiger partial charge < -0.3 is 14.8 Å². The number of piperazine rings is 1. The lowest BCUT2D eigenvalue weighted by atomic mass is 10.1. The van der Waals surface area contributed by atoms with Gasteiger partial charge in [-0.2, -0.15) is 0 Å². The molecule has 152 valence electrons. The number of hydrogen-bond donors (Lipinski definition) is 1. The van der Waals surface area contributed by atoms with Crippen molar-refractivity contribution in [2.45, 2.75) is 46.8 Å². The molecule has 1 N–H and O–H groups in total. The lowest BCUT2D eigenvalue weighted by Gasteiger charge is -2.32. The Morgan fingerprint density at radius 2 is 1.64 bits per heavy atom. The van der Waals surface area contributed by atoms with Gasteiger partial charge in [-0.3, -0.25) is 9.69 Å². The molecule has 5 heteroatoms. The highest BCUT2D eigenvalue weighted by Crippen LogP contribution is 2.20. The van der Waals surface area contributed by atoms with Gasteiger partial charge in [-0.15, -0.1) is 0 Å². The molecule has 1 amide bonds. The second-order valence-corrected chi connectivity index (χ2v) is 8.33. The molecule has 5 nitrogen and oxygen atoms in total. The van der Waals surface area contributed by atoms with Crippen LogP contribution in [0.25, 0.3) is 0 Å². The van der Waals surface area contributed by atoms with E-state index in [9.17, 15) is 4.79 Å². The van der Waals surface area contributed by atoms with Crippen molar-refractivity contribution in [2.24, 2.45) is 0 Å². The number of rotatable bonds is 6. The van der Waals surface area contributed by atoms with Crippen LogP contribution in [0.3, 0.4) is 0 Å². The third kappa shape index (κ3) is 4.83. The molecule has 1 saturated heterocycles. The van der Waals surface area contributed by atoms with Crippen LogP contribution in [-0.2, 0) is 13.1 Å². The second kappa shape index (κ2) is 8.93. The van der Waals surface area contributed by atoms with Crippen LogP contribution in [0.2, 0.25) is 0 Å². The Balaban J connectivity index is 1.55. The standard InChI is InChI=1S/C23H34N4O/c1-17(2)27-18(3)14-22(19(27)4)23(28)24-15-20-6-8-21(9-7-20)16-26-12-10-25(5)11-13-26/h6-9,14,17H,10-13,15-16H2,1-5H3,(H,24,28). The van der Waals surface area contributed by atoms with Crippen molar-refractivity contribution in [3.63, 3.8) is 0 Å². The molecule has 0 atom stereocenters. The minimum Gasteiger partial charge on any atom is -0.348 e. The van der Waals surface area contributed by atoms with Gasteiger partial charge in [0.25, 0.3) is 5.91 Å². The monoisotopic (exact) mass is 382 g/mol. The Labute approximate surface area is 169 Å². The molecule has 1 aliphatic rings. The van der Waals surface area contributed by atoms with Gasteiger partial charge in [0.2, 0.25) is 0 Å². The number of carbonyl (C=O) groups is 1. The number of amides is 1. The number of likely N-dealkylation sites (N-methyl/N-ethyl adjacent to an activating group) is 1. The molecule has 1 aliphatic heterocycles. The Bertz CT molecular complexity index is 799. The highest BCUT2D eigenvalue weighted by atomic mass is 16.1. The lowest BCUT2D eigenvalue weighted by Crippen LogP contribution is -2.43. The number of aromatic nitrogens is 1. The number of carbonyl (C=O) groups excluding carboxylic acids is 1. The first kappa shape index (κ1) is 20.6. The van der Waals surface area contributed by atoms with Gasteiger partial charge in [0.05, 0.1) is 5.56 Å². The molecule has 3 rings (SSSR count). The molecular weight excluding hydrogens is 348 g/mol. The van der Waals surface area contributed by atoms with Gasteiger partial charge in [0.1, 0.15) is 0 Å². The molecule has 1 aromatic carbocycles. The van der Waals surface area contributed by atoms with Crippen LogP contribution >= 0.6 is 0 Å². The fourth-order valence-electron chi connectivity index (χ4n) is 4.11. The average Bonchev–Trinajstić information content (AvgIpc) is 2.97. The van der Waals surface area contributed by atoms with Crippen molar-refractivity contribution in [3.8, 4) is 0 Å². The zero-order valence-corrected chi connectivity index (χ0v) is 18.0. The number of benzene rings is 1. The van der Waals surface area contributed by atoms with Gasteiger partial charge in [-0.05, 0) is 51.9 Å². The van der Waals surface area contributed by atoms with E-state index < -0.39 is 0 Å². The van der Waals surface area contributed by atoms with Crippen molar-refractivity contribution >= 4 is 5.91 Å². The summed E-state index contributed by atoms with van der Waals surface area (Å²) in [5.74, 6) is 0.00140. The summed E-state index contributed by atoms with van der Waals surface area (Å²) in [4.78, 5) is 17.5. The van der Waals surface area contributed by atoms with Crippen LogP contribution < -0.4 is 5.32 Å². The van der Waals surface area contributed by atoms with E-state index in [4.69, 9.17) is 0 Å². The third-order valence-corrected chi connectivity index (χ3v) is 5.72. The summed E-state index contributed by atoms with van der Waals surface area (Å²) in [7, 11) is 2.18. The van der Waals surface area contributed by atoms with Gasteiger partial charge in [0.15, 0.2) is 0 Å². The summed E-state index contributed by atoms with van der Waals surface area (Å²) in [6.07, 6.45) is 0. The van der Waals surface area contributed by atoms with E-state index in [1.54, 1.807) is 0 Å². The topological polar surface area (TPSA) is 40.5 Å². The number of aryl methyl sites for hydroxylation is 1. The SMILES string of the molecule is Cc1cc(C(=O)NCc2ccc(CN3CCN(C)CC3)cc2)c(C)n1C(C)C. The summed E-state index contributed by atoms with van der Waals surface area (Å²) in [5, 5.41) is 3.07. The van der Waals surface area contributed by atoms with Gasteiger partial charge >= 0.3 is 0 Å². The van der Waals surface area contributed by atoms with E-state index in [0.29, 0.717) is 12.6 Å². The molecule has 0 aliphatic carbocycles. The molecule has 0 saturated carbocycles. The van der Waals surface area contributed by atoms with Crippen LogP contribution in [-0.4, -0.2) is 53.5 Å². The maximum Gasteiger partial charge on any atom is 0.253 e. The molecule has 1 fully saturated rings. The predicted molar refractivity (Wildman–Crippen MR) is 115 cm³/mol. The molecule has 0 spiro atoms. The summed E-state index contributed by atoms with van der Waals surface area (Å²) in [6.45, 7) is 14.5. The molecule has 1 aromatic heterocycles. The first-order valence-corrected chi connectivity index (χ1v) is 10.3. The lowest BCUT2D eigenvalue weighted by molar-refractivity contribution is 0.0950. The Hall–Kier alpha value is -2.11. The van der Waals surface area contributed by atoms with Crippen LogP contribution in [0, 0.1) is 13.8 Å². The van der Waals surface area contributed by atoms with Crippen LogP contribution in [0.4, 0.5) is 0 Å². The predicted octanol–water partition coefficient (Wildman–Crippen LogP) is 3.36. The third-order valence-electron chi connectivity index (χ3n) is 5.72. The van der Waals surface area contributed by atoms with Gasteiger partial charge in [-0.25, -0.2) is 0 Å². The zero-order chi connectivity index (χ0) is 20.3. The van der Waals surface area contributed by atoms with E-state index >= 15 is 0 Å². The fourth-order valence-corrected chi connectivity index (χ4v) is 4.11. The summed E-state index contributed by atoms with van der Waals surface area (Å²) >= 11 is 0. The molecule has 0 bridgehead atoms.